The number of carbonyl (C=O) groups is 3. The Hall–Kier alpha value is -2.67. The van der Waals surface area contributed by atoms with Crippen LogP contribution in [0.25, 0.3) is 6.08 Å². The molecule has 0 radical (unpaired) electrons. The van der Waals surface area contributed by atoms with E-state index in [-0.39, 0.29) is 29.6 Å². The summed E-state index contributed by atoms with van der Waals surface area (Å²) < 4.78 is 0. The molecule has 4 N–H and O–H groups in total. The standard InChI is InChI=1S/C12H11N3O4/c16-10-6-13-12(18)9(14-10)5-7-1-3-8(4-2-7)11(17)15-19/h1-5,19H,6H2,(H,13,18)(H,14,16)(H,15,17)/b9-5-. The quantitative estimate of drug-likeness (QED) is 0.323. The van der Waals surface area contributed by atoms with Crippen LogP contribution in [0, 0.1) is 0 Å². The fourth-order valence-electron chi connectivity index (χ4n) is 1.57. The molecule has 1 fully saturated rings. The zero-order valence-electron chi connectivity index (χ0n) is 9.77. The molecule has 1 aromatic rings. The third kappa shape index (κ3) is 2.96. The predicted molar refractivity (Wildman–Crippen MR) is 64.8 cm³/mol. The first kappa shape index (κ1) is 12.8. The van der Waals surface area contributed by atoms with Crippen molar-refractivity contribution >= 4 is 23.8 Å². The second-order valence-electron chi connectivity index (χ2n) is 3.85. The first-order chi connectivity index (χ1) is 9.10. The third-order valence-electron chi connectivity index (χ3n) is 2.51. The molecular weight excluding hydrogens is 250 g/mol. The van der Waals surface area contributed by atoms with Crippen LogP contribution in [-0.2, 0) is 9.59 Å². The van der Waals surface area contributed by atoms with E-state index in [0.717, 1.165) is 0 Å². The fourth-order valence-corrected chi connectivity index (χ4v) is 1.57. The molecule has 7 heteroatoms. The van der Waals surface area contributed by atoms with Gasteiger partial charge in [0.1, 0.15) is 5.70 Å². The minimum Gasteiger partial charge on any atom is -0.342 e. The van der Waals surface area contributed by atoms with Gasteiger partial charge in [-0.15, -0.1) is 0 Å². The van der Waals surface area contributed by atoms with Crippen molar-refractivity contribution in [2.75, 3.05) is 6.54 Å². The Morgan fingerprint density at radius 1 is 1.26 bits per heavy atom. The molecular formula is C12H11N3O4. The van der Waals surface area contributed by atoms with Crippen molar-refractivity contribution in [3.8, 4) is 0 Å². The second kappa shape index (κ2) is 5.32. The molecule has 1 heterocycles. The average molecular weight is 261 g/mol. The molecule has 1 aromatic carbocycles. The van der Waals surface area contributed by atoms with Crippen LogP contribution in [-0.4, -0.2) is 29.5 Å². The van der Waals surface area contributed by atoms with Crippen molar-refractivity contribution in [1.29, 1.82) is 0 Å². The maximum atomic E-state index is 11.5. The molecule has 0 aromatic heterocycles. The van der Waals surface area contributed by atoms with Gasteiger partial charge in [-0.2, -0.15) is 0 Å². The van der Waals surface area contributed by atoms with E-state index in [2.05, 4.69) is 10.6 Å². The molecule has 1 saturated heterocycles. The Morgan fingerprint density at radius 2 is 1.95 bits per heavy atom. The molecule has 0 saturated carbocycles. The smallest absolute Gasteiger partial charge is 0.274 e. The van der Waals surface area contributed by atoms with Crippen LogP contribution in [0.5, 0.6) is 0 Å². The summed E-state index contributed by atoms with van der Waals surface area (Å²) in [5, 5.41) is 13.3. The van der Waals surface area contributed by atoms with Crippen LogP contribution < -0.4 is 16.1 Å². The SMILES string of the molecule is O=C1CNC(=O)/C(=C/c2ccc(C(=O)NO)cc2)N1. The van der Waals surface area contributed by atoms with Gasteiger partial charge in [0.2, 0.25) is 5.91 Å². The molecule has 0 aliphatic carbocycles. The van der Waals surface area contributed by atoms with Gasteiger partial charge < -0.3 is 10.6 Å². The first-order valence-electron chi connectivity index (χ1n) is 5.44. The normalized spacial score (nSPS) is 16.8. The number of carbonyl (C=O) groups excluding carboxylic acids is 3. The molecule has 0 unspecified atom stereocenters. The summed E-state index contributed by atoms with van der Waals surface area (Å²) in [5.74, 6) is -1.28. The summed E-state index contributed by atoms with van der Waals surface area (Å²) >= 11 is 0. The highest BCUT2D eigenvalue weighted by molar-refractivity contribution is 6.06. The highest BCUT2D eigenvalue weighted by Crippen LogP contribution is 2.09. The zero-order chi connectivity index (χ0) is 13.8. The molecule has 0 spiro atoms. The summed E-state index contributed by atoms with van der Waals surface area (Å²) in [4.78, 5) is 33.7. The van der Waals surface area contributed by atoms with E-state index in [9.17, 15) is 14.4 Å². The molecule has 7 nitrogen and oxygen atoms in total. The monoisotopic (exact) mass is 261 g/mol. The van der Waals surface area contributed by atoms with Crippen LogP contribution >= 0.6 is 0 Å². The highest BCUT2D eigenvalue weighted by atomic mass is 16.5. The minimum atomic E-state index is -0.622. The van der Waals surface area contributed by atoms with Gasteiger partial charge in [0, 0.05) is 5.56 Å². The highest BCUT2D eigenvalue weighted by Gasteiger charge is 2.19. The Kier molecular flexibility index (Phi) is 3.58. The lowest BCUT2D eigenvalue weighted by atomic mass is 10.1. The van der Waals surface area contributed by atoms with Crippen molar-refractivity contribution < 1.29 is 19.6 Å². The number of hydrogen-bond donors (Lipinski definition) is 4. The van der Waals surface area contributed by atoms with Crippen molar-refractivity contribution in [2.45, 2.75) is 0 Å². The maximum absolute atomic E-state index is 11.5. The minimum absolute atomic E-state index is 0.0359. The van der Waals surface area contributed by atoms with E-state index in [1.807, 2.05) is 0 Å². The summed E-state index contributed by atoms with van der Waals surface area (Å²) in [6.07, 6.45) is 1.49. The fraction of sp³-hybridized carbons (Fsp3) is 0.0833. The third-order valence-corrected chi connectivity index (χ3v) is 2.51. The van der Waals surface area contributed by atoms with Crippen molar-refractivity contribution in [3.63, 3.8) is 0 Å². The summed E-state index contributed by atoms with van der Waals surface area (Å²) in [7, 11) is 0. The van der Waals surface area contributed by atoms with E-state index in [1.54, 1.807) is 12.1 Å². The van der Waals surface area contributed by atoms with E-state index >= 15 is 0 Å². The lowest BCUT2D eigenvalue weighted by Crippen LogP contribution is -2.46. The topological polar surface area (TPSA) is 108 Å². The molecule has 0 atom stereocenters. The van der Waals surface area contributed by atoms with Crippen LogP contribution in [0.15, 0.2) is 30.0 Å². The Labute approximate surface area is 108 Å². The summed E-state index contributed by atoms with van der Waals surface area (Å²) in [6.45, 7) is -0.0359. The zero-order valence-corrected chi connectivity index (χ0v) is 9.77. The number of hydroxylamine groups is 1. The molecule has 3 amide bonds. The number of nitrogens with one attached hydrogen (secondary N) is 3. The van der Waals surface area contributed by atoms with Gasteiger partial charge in [-0.1, -0.05) is 12.1 Å². The van der Waals surface area contributed by atoms with Crippen molar-refractivity contribution in [3.05, 3.63) is 41.1 Å². The van der Waals surface area contributed by atoms with Crippen LogP contribution in [0.2, 0.25) is 0 Å². The van der Waals surface area contributed by atoms with Gasteiger partial charge in [0.15, 0.2) is 0 Å². The van der Waals surface area contributed by atoms with E-state index < -0.39 is 5.91 Å². The Bertz CT molecular complexity index is 563. The molecule has 98 valence electrons. The molecule has 2 rings (SSSR count). The largest absolute Gasteiger partial charge is 0.342 e. The molecule has 1 aliphatic heterocycles. The van der Waals surface area contributed by atoms with Crippen molar-refractivity contribution in [1.82, 2.24) is 16.1 Å². The Balaban J connectivity index is 2.20. The van der Waals surface area contributed by atoms with Gasteiger partial charge in [-0.25, -0.2) is 5.48 Å². The first-order valence-corrected chi connectivity index (χ1v) is 5.44. The van der Waals surface area contributed by atoms with Gasteiger partial charge in [0.05, 0.1) is 6.54 Å². The molecule has 19 heavy (non-hydrogen) atoms. The maximum Gasteiger partial charge on any atom is 0.274 e. The van der Waals surface area contributed by atoms with Gasteiger partial charge in [-0.3, -0.25) is 19.6 Å². The second-order valence-corrected chi connectivity index (χ2v) is 3.85. The molecule has 0 bridgehead atoms. The number of hydrogen-bond acceptors (Lipinski definition) is 4. The number of amides is 3. The van der Waals surface area contributed by atoms with Crippen molar-refractivity contribution in [2.24, 2.45) is 0 Å². The number of benzene rings is 1. The van der Waals surface area contributed by atoms with Gasteiger partial charge >= 0.3 is 0 Å². The Morgan fingerprint density at radius 3 is 2.58 bits per heavy atom. The van der Waals surface area contributed by atoms with E-state index in [0.29, 0.717) is 5.56 Å². The van der Waals surface area contributed by atoms with Crippen LogP contribution in [0.4, 0.5) is 0 Å². The van der Waals surface area contributed by atoms with Crippen LogP contribution in [0.3, 0.4) is 0 Å². The molecule has 1 aliphatic rings. The number of rotatable bonds is 2. The van der Waals surface area contributed by atoms with E-state index in [4.69, 9.17) is 5.21 Å². The van der Waals surface area contributed by atoms with Gasteiger partial charge in [-0.05, 0) is 23.8 Å². The predicted octanol–water partition coefficient (Wildman–Crippen LogP) is -0.608. The lowest BCUT2D eigenvalue weighted by Gasteiger charge is -2.15. The average Bonchev–Trinajstić information content (AvgIpc) is 2.43. The van der Waals surface area contributed by atoms with Gasteiger partial charge in [0.25, 0.3) is 11.8 Å². The number of piperazine rings is 1. The summed E-state index contributed by atoms with van der Waals surface area (Å²) in [6, 6.07) is 6.15. The summed E-state index contributed by atoms with van der Waals surface area (Å²) in [5.41, 5.74) is 2.59. The van der Waals surface area contributed by atoms with Crippen LogP contribution in [0.1, 0.15) is 15.9 Å². The lowest BCUT2D eigenvalue weighted by molar-refractivity contribution is -0.127. The van der Waals surface area contributed by atoms with E-state index in [1.165, 1.54) is 23.7 Å².